The van der Waals surface area contributed by atoms with Crippen molar-refractivity contribution in [2.75, 3.05) is 7.05 Å². The monoisotopic (exact) mass is 266 g/mol. The zero-order valence-corrected chi connectivity index (χ0v) is 13.4. The molecule has 1 rings (SSSR count). The van der Waals surface area contributed by atoms with Crippen LogP contribution in [0.15, 0.2) is 16.7 Å². The highest BCUT2D eigenvalue weighted by atomic mass is 16.3. The Kier molecular flexibility index (Phi) is 6.08. The summed E-state index contributed by atoms with van der Waals surface area (Å²) in [7, 11) is 2.16. The molecule has 1 atom stereocenters. The molecule has 1 aromatic rings. The highest BCUT2D eigenvalue weighted by molar-refractivity contribution is 5.13. The van der Waals surface area contributed by atoms with Gasteiger partial charge in [-0.2, -0.15) is 0 Å². The second-order valence-corrected chi connectivity index (χ2v) is 6.58. The largest absolute Gasteiger partial charge is 0.468 e. The minimum atomic E-state index is 0.143. The summed E-state index contributed by atoms with van der Waals surface area (Å²) >= 11 is 0. The molecule has 1 unspecified atom stereocenters. The average molecular weight is 266 g/mol. The van der Waals surface area contributed by atoms with Gasteiger partial charge in [-0.25, -0.2) is 0 Å². The summed E-state index contributed by atoms with van der Waals surface area (Å²) in [6, 6.07) is 2.76. The number of rotatable bonds is 7. The first-order chi connectivity index (χ1) is 8.81. The van der Waals surface area contributed by atoms with Gasteiger partial charge in [0.05, 0.1) is 12.8 Å². The summed E-state index contributed by atoms with van der Waals surface area (Å²) in [5.74, 6) is 1.05. The maximum Gasteiger partial charge on any atom is 0.118 e. The fourth-order valence-corrected chi connectivity index (χ4v) is 2.01. The lowest BCUT2D eigenvalue weighted by Gasteiger charge is -2.23. The van der Waals surface area contributed by atoms with E-state index in [1.165, 1.54) is 18.4 Å². The van der Waals surface area contributed by atoms with Crippen LogP contribution in [0.1, 0.15) is 58.8 Å². The third-order valence-corrected chi connectivity index (χ3v) is 3.40. The summed E-state index contributed by atoms with van der Waals surface area (Å²) in [6.45, 7) is 12.8. The standard InChI is InChI=1S/C16H30N2O/c1-7-8-13(2)18(6)11-15-9-14(12-19-15)10-17-16(3,4)5/h9,12-13,17H,7-8,10-11H2,1-6H3. The molecule has 110 valence electrons. The van der Waals surface area contributed by atoms with Crippen LogP contribution in [0.4, 0.5) is 0 Å². The predicted molar refractivity (Wildman–Crippen MR) is 81.1 cm³/mol. The van der Waals surface area contributed by atoms with Crippen LogP contribution in [0.5, 0.6) is 0 Å². The smallest absolute Gasteiger partial charge is 0.118 e. The van der Waals surface area contributed by atoms with Crippen LogP contribution in [-0.4, -0.2) is 23.5 Å². The van der Waals surface area contributed by atoms with Gasteiger partial charge in [-0.15, -0.1) is 0 Å². The first-order valence-electron chi connectivity index (χ1n) is 7.33. The molecule has 0 bridgehead atoms. The molecule has 0 fully saturated rings. The van der Waals surface area contributed by atoms with Crippen molar-refractivity contribution in [1.29, 1.82) is 0 Å². The molecule has 0 aliphatic carbocycles. The molecule has 0 aromatic carbocycles. The summed E-state index contributed by atoms with van der Waals surface area (Å²) in [5.41, 5.74) is 1.37. The van der Waals surface area contributed by atoms with Gasteiger partial charge in [0.25, 0.3) is 0 Å². The van der Waals surface area contributed by atoms with Crippen LogP contribution in [-0.2, 0) is 13.1 Å². The molecule has 1 N–H and O–H groups in total. The van der Waals surface area contributed by atoms with Crippen molar-refractivity contribution in [1.82, 2.24) is 10.2 Å². The lowest BCUT2D eigenvalue weighted by Crippen LogP contribution is -2.34. The van der Waals surface area contributed by atoms with E-state index in [0.29, 0.717) is 6.04 Å². The fraction of sp³-hybridized carbons (Fsp3) is 0.750. The van der Waals surface area contributed by atoms with Gasteiger partial charge in [-0.05, 0) is 47.2 Å². The van der Waals surface area contributed by atoms with E-state index in [9.17, 15) is 0 Å². The molecular formula is C16H30N2O. The Balaban J connectivity index is 2.46. The van der Waals surface area contributed by atoms with Crippen LogP contribution < -0.4 is 5.32 Å². The Morgan fingerprint density at radius 2 is 2.05 bits per heavy atom. The highest BCUT2D eigenvalue weighted by Gasteiger charge is 2.12. The van der Waals surface area contributed by atoms with Crippen molar-refractivity contribution >= 4 is 0 Å². The predicted octanol–water partition coefficient (Wildman–Crippen LogP) is 3.79. The zero-order chi connectivity index (χ0) is 14.5. The SMILES string of the molecule is CCCC(C)N(C)Cc1cc(CNC(C)(C)C)co1. The van der Waals surface area contributed by atoms with E-state index in [2.05, 4.69) is 57.9 Å². The van der Waals surface area contributed by atoms with Gasteiger partial charge in [-0.3, -0.25) is 4.90 Å². The molecule has 0 radical (unpaired) electrons. The van der Waals surface area contributed by atoms with Gasteiger partial charge >= 0.3 is 0 Å². The van der Waals surface area contributed by atoms with Gasteiger partial charge in [0, 0.05) is 23.7 Å². The van der Waals surface area contributed by atoms with Gasteiger partial charge in [-0.1, -0.05) is 13.3 Å². The van der Waals surface area contributed by atoms with Crippen LogP contribution >= 0.6 is 0 Å². The van der Waals surface area contributed by atoms with Crippen LogP contribution in [0.2, 0.25) is 0 Å². The fourth-order valence-electron chi connectivity index (χ4n) is 2.01. The number of hydrogen-bond acceptors (Lipinski definition) is 3. The van der Waals surface area contributed by atoms with Gasteiger partial charge in [0.2, 0.25) is 0 Å². The zero-order valence-electron chi connectivity index (χ0n) is 13.4. The molecule has 0 saturated carbocycles. The van der Waals surface area contributed by atoms with Gasteiger partial charge in [0.15, 0.2) is 0 Å². The van der Waals surface area contributed by atoms with Crippen LogP contribution in [0.25, 0.3) is 0 Å². The molecule has 19 heavy (non-hydrogen) atoms. The molecule has 0 aliphatic rings. The minimum absolute atomic E-state index is 0.143. The Bertz CT molecular complexity index is 365. The number of nitrogens with zero attached hydrogens (tertiary/aromatic N) is 1. The van der Waals surface area contributed by atoms with Crippen molar-refractivity contribution in [2.24, 2.45) is 0 Å². The van der Waals surface area contributed by atoms with E-state index >= 15 is 0 Å². The minimum Gasteiger partial charge on any atom is -0.468 e. The van der Waals surface area contributed by atoms with Crippen molar-refractivity contribution < 1.29 is 4.42 Å². The van der Waals surface area contributed by atoms with E-state index in [0.717, 1.165) is 18.8 Å². The summed E-state index contributed by atoms with van der Waals surface area (Å²) in [6.07, 6.45) is 4.33. The van der Waals surface area contributed by atoms with E-state index in [4.69, 9.17) is 4.42 Å². The number of nitrogens with one attached hydrogen (secondary N) is 1. The molecule has 0 amide bonds. The maximum absolute atomic E-state index is 5.65. The molecule has 1 heterocycles. The van der Waals surface area contributed by atoms with E-state index in [1.54, 1.807) is 0 Å². The number of hydrogen-bond donors (Lipinski definition) is 1. The molecular weight excluding hydrogens is 236 g/mol. The number of furan rings is 1. The van der Waals surface area contributed by atoms with Crippen molar-refractivity contribution in [2.45, 2.75) is 72.1 Å². The van der Waals surface area contributed by atoms with E-state index < -0.39 is 0 Å². The van der Waals surface area contributed by atoms with Crippen molar-refractivity contribution in [3.63, 3.8) is 0 Å². The summed E-state index contributed by atoms with van der Waals surface area (Å²) < 4.78 is 5.65. The maximum atomic E-state index is 5.65. The topological polar surface area (TPSA) is 28.4 Å². The Morgan fingerprint density at radius 3 is 2.63 bits per heavy atom. The Morgan fingerprint density at radius 1 is 1.37 bits per heavy atom. The third kappa shape index (κ3) is 6.26. The lowest BCUT2D eigenvalue weighted by atomic mass is 10.1. The third-order valence-electron chi connectivity index (χ3n) is 3.40. The summed E-state index contributed by atoms with van der Waals surface area (Å²) in [4.78, 5) is 2.35. The average Bonchev–Trinajstić information content (AvgIpc) is 2.73. The van der Waals surface area contributed by atoms with Crippen LogP contribution in [0, 0.1) is 0 Å². The first-order valence-corrected chi connectivity index (χ1v) is 7.33. The quantitative estimate of drug-likeness (QED) is 0.814. The van der Waals surface area contributed by atoms with Gasteiger partial charge < -0.3 is 9.73 Å². The Labute approximate surface area is 118 Å². The van der Waals surface area contributed by atoms with Crippen molar-refractivity contribution in [3.05, 3.63) is 23.7 Å². The summed E-state index contributed by atoms with van der Waals surface area (Å²) in [5, 5.41) is 3.47. The molecule has 0 saturated heterocycles. The van der Waals surface area contributed by atoms with E-state index in [-0.39, 0.29) is 5.54 Å². The van der Waals surface area contributed by atoms with Crippen LogP contribution in [0.3, 0.4) is 0 Å². The molecule has 3 heteroatoms. The van der Waals surface area contributed by atoms with Gasteiger partial charge in [0.1, 0.15) is 5.76 Å². The van der Waals surface area contributed by atoms with Crippen molar-refractivity contribution in [3.8, 4) is 0 Å². The first kappa shape index (κ1) is 16.3. The lowest BCUT2D eigenvalue weighted by molar-refractivity contribution is 0.219. The molecule has 0 aliphatic heterocycles. The second kappa shape index (κ2) is 7.11. The molecule has 0 spiro atoms. The van der Waals surface area contributed by atoms with E-state index in [1.807, 2.05) is 6.26 Å². The molecule has 1 aromatic heterocycles. The Hall–Kier alpha value is -0.800. The molecule has 3 nitrogen and oxygen atoms in total. The second-order valence-electron chi connectivity index (χ2n) is 6.58. The highest BCUT2D eigenvalue weighted by Crippen LogP contribution is 2.14. The normalized spacial score (nSPS) is 14.1.